The summed E-state index contributed by atoms with van der Waals surface area (Å²) in [6, 6.07) is 3.35. The first-order valence-electron chi connectivity index (χ1n) is 5.79. The number of nitro benzene ring substituents is 2. The molecule has 0 fully saturated rings. The Hall–Kier alpha value is -2.26. The lowest BCUT2D eigenvalue weighted by molar-refractivity contribution is -0.393. The van der Waals surface area contributed by atoms with E-state index in [0.717, 1.165) is 6.07 Å². The van der Waals surface area contributed by atoms with Crippen LogP contribution in [0, 0.1) is 20.2 Å². The molecule has 110 valence electrons. The van der Waals surface area contributed by atoms with Gasteiger partial charge in [0, 0.05) is 19.7 Å². The van der Waals surface area contributed by atoms with Gasteiger partial charge in [-0.05, 0) is 12.5 Å². The van der Waals surface area contributed by atoms with Crippen LogP contribution in [0.3, 0.4) is 0 Å². The molecule has 1 atom stereocenters. The van der Waals surface area contributed by atoms with Crippen molar-refractivity contribution in [3.8, 4) is 0 Å². The lowest BCUT2D eigenvalue weighted by atomic mass is 10.2. The zero-order valence-electron chi connectivity index (χ0n) is 10.8. The molecule has 1 rings (SSSR count). The maximum absolute atomic E-state index is 10.9. The molecule has 0 saturated carbocycles. The minimum atomic E-state index is -0.695. The van der Waals surface area contributed by atoms with Crippen LogP contribution >= 0.6 is 0 Å². The molecule has 0 heterocycles. The maximum Gasteiger partial charge on any atom is 0.299 e. The summed E-state index contributed by atoms with van der Waals surface area (Å²) in [4.78, 5) is 20.1. The molecule has 20 heavy (non-hydrogen) atoms. The number of nitro groups is 2. The van der Waals surface area contributed by atoms with E-state index in [1.54, 1.807) is 0 Å². The van der Waals surface area contributed by atoms with Crippen LogP contribution in [0.5, 0.6) is 0 Å². The van der Waals surface area contributed by atoms with E-state index < -0.39 is 16.0 Å². The molecular weight excluding hydrogens is 270 g/mol. The molecule has 0 aliphatic heterocycles. The largest absolute Gasteiger partial charge is 0.391 e. The van der Waals surface area contributed by atoms with Crippen LogP contribution in [-0.2, 0) is 4.74 Å². The second kappa shape index (κ2) is 7.36. The van der Waals surface area contributed by atoms with E-state index in [9.17, 15) is 25.3 Å². The van der Waals surface area contributed by atoms with Gasteiger partial charge in [0.15, 0.2) is 0 Å². The fourth-order valence-corrected chi connectivity index (χ4v) is 1.58. The highest BCUT2D eigenvalue weighted by Crippen LogP contribution is 2.28. The molecule has 0 saturated heterocycles. The van der Waals surface area contributed by atoms with Gasteiger partial charge in [0.05, 0.1) is 28.6 Å². The van der Waals surface area contributed by atoms with Gasteiger partial charge in [-0.2, -0.15) is 0 Å². The van der Waals surface area contributed by atoms with Crippen LogP contribution in [0.25, 0.3) is 0 Å². The van der Waals surface area contributed by atoms with Crippen molar-refractivity contribution in [2.24, 2.45) is 0 Å². The standard InChI is InChI=1S/C11H15N3O6/c1-20-7-9(15)4-5-12-10-3-2-8(13(16)17)6-11(10)14(18)19/h2-3,6,9,12,15H,4-5,7H2,1H3. The molecule has 0 bridgehead atoms. The van der Waals surface area contributed by atoms with E-state index in [1.165, 1.54) is 19.2 Å². The Labute approximate surface area is 114 Å². The van der Waals surface area contributed by atoms with Crippen molar-refractivity contribution < 1.29 is 19.7 Å². The molecule has 0 aromatic heterocycles. The molecule has 0 aliphatic rings. The Balaban J connectivity index is 2.74. The quantitative estimate of drug-likeness (QED) is 0.544. The number of rotatable bonds is 8. The van der Waals surface area contributed by atoms with Crippen molar-refractivity contribution in [3.05, 3.63) is 38.4 Å². The molecule has 0 aliphatic carbocycles. The predicted molar refractivity (Wildman–Crippen MR) is 70.7 cm³/mol. The molecule has 0 radical (unpaired) electrons. The van der Waals surface area contributed by atoms with Crippen LogP contribution in [-0.4, -0.2) is 41.3 Å². The van der Waals surface area contributed by atoms with E-state index >= 15 is 0 Å². The second-order valence-corrected chi connectivity index (χ2v) is 4.04. The predicted octanol–water partition coefficient (Wildman–Crippen LogP) is 1.31. The van der Waals surface area contributed by atoms with Crippen LogP contribution in [0.4, 0.5) is 17.1 Å². The third kappa shape index (κ3) is 4.44. The van der Waals surface area contributed by atoms with Gasteiger partial charge in [-0.3, -0.25) is 20.2 Å². The fraction of sp³-hybridized carbons (Fsp3) is 0.455. The van der Waals surface area contributed by atoms with Crippen LogP contribution < -0.4 is 5.32 Å². The first kappa shape index (κ1) is 15.8. The third-order valence-electron chi connectivity index (χ3n) is 2.54. The molecular formula is C11H15N3O6. The number of aliphatic hydroxyl groups is 1. The number of aliphatic hydroxyl groups excluding tert-OH is 1. The third-order valence-corrected chi connectivity index (χ3v) is 2.54. The summed E-state index contributed by atoms with van der Waals surface area (Å²) < 4.78 is 4.75. The first-order chi connectivity index (χ1) is 9.45. The van der Waals surface area contributed by atoms with E-state index in [1.807, 2.05) is 0 Å². The summed E-state index contributed by atoms with van der Waals surface area (Å²) in [6.07, 6.45) is -0.341. The number of anilines is 1. The Morgan fingerprint density at radius 2 is 2.05 bits per heavy atom. The minimum absolute atomic E-state index is 0.171. The number of nitrogens with one attached hydrogen (secondary N) is 1. The highest BCUT2D eigenvalue weighted by molar-refractivity contribution is 5.65. The number of ether oxygens (including phenoxy) is 1. The average Bonchev–Trinajstić information content (AvgIpc) is 2.38. The van der Waals surface area contributed by atoms with E-state index in [4.69, 9.17) is 4.74 Å². The summed E-state index contributed by atoms with van der Waals surface area (Å²) in [5, 5.41) is 33.7. The topological polar surface area (TPSA) is 128 Å². The molecule has 9 heteroatoms. The van der Waals surface area contributed by atoms with E-state index in [0.29, 0.717) is 6.42 Å². The number of non-ortho nitro benzene ring substituents is 1. The van der Waals surface area contributed by atoms with Gasteiger partial charge in [0.1, 0.15) is 5.69 Å². The van der Waals surface area contributed by atoms with Crippen molar-refractivity contribution >= 4 is 17.1 Å². The highest BCUT2D eigenvalue weighted by atomic mass is 16.6. The summed E-state index contributed by atoms with van der Waals surface area (Å²) in [6.45, 7) is 0.452. The number of benzene rings is 1. The normalized spacial score (nSPS) is 11.9. The Morgan fingerprint density at radius 3 is 2.60 bits per heavy atom. The summed E-state index contributed by atoms with van der Waals surface area (Å²) >= 11 is 0. The van der Waals surface area contributed by atoms with Crippen molar-refractivity contribution in [3.63, 3.8) is 0 Å². The monoisotopic (exact) mass is 285 g/mol. The molecule has 2 N–H and O–H groups in total. The fourth-order valence-electron chi connectivity index (χ4n) is 1.58. The summed E-state index contributed by atoms with van der Waals surface area (Å²) in [5.41, 5.74) is -0.549. The second-order valence-electron chi connectivity index (χ2n) is 4.04. The van der Waals surface area contributed by atoms with Gasteiger partial charge in [-0.1, -0.05) is 0 Å². The molecule has 9 nitrogen and oxygen atoms in total. The first-order valence-corrected chi connectivity index (χ1v) is 5.79. The SMILES string of the molecule is COCC(O)CCNc1ccc([N+](=O)[O-])cc1[N+](=O)[O-]. The average molecular weight is 285 g/mol. The molecule has 1 unspecified atom stereocenters. The molecule has 0 spiro atoms. The highest BCUT2D eigenvalue weighted by Gasteiger charge is 2.19. The number of methoxy groups -OCH3 is 1. The number of hydrogen-bond donors (Lipinski definition) is 2. The van der Waals surface area contributed by atoms with Gasteiger partial charge in [0.2, 0.25) is 0 Å². The smallest absolute Gasteiger partial charge is 0.299 e. The van der Waals surface area contributed by atoms with Crippen molar-refractivity contribution in [2.75, 3.05) is 25.6 Å². The molecule has 1 aromatic rings. The van der Waals surface area contributed by atoms with E-state index in [2.05, 4.69) is 5.32 Å². The Kier molecular flexibility index (Phi) is 5.81. The zero-order chi connectivity index (χ0) is 15.1. The minimum Gasteiger partial charge on any atom is -0.391 e. The summed E-state index contributed by atoms with van der Waals surface area (Å²) in [5.74, 6) is 0. The van der Waals surface area contributed by atoms with Gasteiger partial charge >= 0.3 is 0 Å². The van der Waals surface area contributed by atoms with Crippen LogP contribution in [0.2, 0.25) is 0 Å². The van der Waals surface area contributed by atoms with Gasteiger partial charge in [0.25, 0.3) is 11.4 Å². The van der Waals surface area contributed by atoms with Crippen molar-refractivity contribution in [1.82, 2.24) is 0 Å². The van der Waals surface area contributed by atoms with Crippen molar-refractivity contribution in [1.29, 1.82) is 0 Å². The van der Waals surface area contributed by atoms with Gasteiger partial charge in [-0.15, -0.1) is 0 Å². The molecule has 0 amide bonds. The lowest BCUT2D eigenvalue weighted by Gasteiger charge is -2.11. The number of hydrogen-bond acceptors (Lipinski definition) is 7. The molecule has 1 aromatic carbocycles. The summed E-state index contributed by atoms with van der Waals surface area (Å²) in [7, 11) is 1.46. The maximum atomic E-state index is 10.9. The zero-order valence-corrected chi connectivity index (χ0v) is 10.8. The lowest BCUT2D eigenvalue weighted by Crippen LogP contribution is -2.18. The Bertz CT molecular complexity index is 493. The van der Waals surface area contributed by atoms with Gasteiger partial charge in [-0.25, -0.2) is 0 Å². The van der Waals surface area contributed by atoms with E-state index in [-0.39, 0.29) is 30.2 Å². The van der Waals surface area contributed by atoms with Crippen molar-refractivity contribution in [2.45, 2.75) is 12.5 Å². The van der Waals surface area contributed by atoms with Gasteiger partial charge < -0.3 is 15.2 Å². The Morgan fingerprint density at radius 1 is 1.35 bits per heavy atom. The van der Waals surface area contributed by atoms with Crippen LogP contribution in [0.15, 0.2) is 18.2 Å². The van der Waals surface area contributed by atoms with Crippen LogP contribution in [0.1, 0.15) is 6.42 Å². The number of nitrogens with zero attached hydrogens (tertiary/aromatic N) is 2.